The number of halogens is 1. The van der Waals surface area contributed by atoms with Crippen LogP contribution in [0.1, 0.15) is 18.7 Å². The molecular formula is C20H20FN7O. The number of fused-ring (bicyclic) bond motifs is 2. The first kappa shape index (κ1) is 17.7. The molecule has 148 valence electrons. The summed E-state index contributed by atoms with van der Waals surface area (Å²) in [4.78, 5) is 23.7. The van der Waals surface area contributed by atoms with Crippen LogP contribution in [-0.2, 0) is 6.54 Å². The quantitative estimate of drug-likeness (QED) is 0.531. The Labute approximate surface area is 165 Å². The lowest BCUT2D eigenvalue weighted by Gasteiger charge is -2.32. The van der Waals surface area contributed by atoms with Crippen molar-refractivity contribution in [2.45, 2.75) is 26.3 Å². The third-order valence-electron chi connectivity index (χ3n) is 5.64. The molecule has 4 heterocycles. The Kier molecular flexibility index (Phi) is 4.22. The topological polar surface area (TPSA) is 81.2 Å². The second-order valence-corrected chi connectivity index (χ2v) is 7.49. The van der Waals surface area contributed by atoms with E-state index in [1.54, 1.807) is 10.8 Å². The Morgan fingerprint density at radius 1 is 1.17 bits per heavy atom. The third-order valence-corrected chi connectivity index (χ3v) is 5.64. The SMILES string of the molecule is Cc1nnc2c(N3CCC(Cn4cnc5cc(F)ccc5c4=O)CC3)nccn12. The molecule has 1 saturated heterocycles. The van der Waals surface area contributed by atoms with Crippen LogP contribution in [0.15, 0.2) is 41.7 Å². The number of hydrogen-bond donors (Lipinski definition) is 0. The lowest BCUT2D eigenvalue weighted by Crippen LogP contribution is -2.37. The minimum atomic E-state index is -0.388. The van der Waals surface area contributed by atoms with Crippen molar-refractivity contribution in [2.24, 2.45) is 5.92 Å². The zero-order chi connectivity index (χ0) is 20.0. The monoisotopic (exact) mass is 393 g/mol. The molecule has 3 aromatic heterocycles. The van der Waals surface area contributed by atoms with Gasteiger partial charge in [0.15, 0.2) is 5.82 Å². The molecule has 1 fully saturated rings. The number of nitrogens with zero attached hydrogens (tertiary/aromatic N) is 7. The first-order valence-corrected chi connectivity index (χ1v) is 9.66. The van der Waals surface area contributed by atoms with Crippen molar-refractivity contribution >= 4 is 22.4 Å². The predicted octanol–water partition coefficient (Wildman–Crippen LogP) is 2.20. The van der Waals surface area contributed by atoms with E-state index in [4.69, 9.17) is 0 Å². The number of hydrogen-bond acceptors (Lipinski definition) is 6. The van der Waals surface area contributed by atoms with Crippen molar-refractivity contribution in [1.82, 2.24) is 29.1 Å². The van der Waals surface area contributed by atoms with E-state index in [1.807, 2.05) is 17.5 Å². The predicted molar refractivity (Wildman–Crippen MR) is 106 cm³/mol. The van der Waals surface area contributed by atoms with E-state index in [-0.39, 0.29) is 11.4 Å². The van der Waals surface area contributed by atoms with Gasteiger partial charge in [0.05, 0.1) is 17.2 Å². The fourth-order valence-corrected chi connectivity index (χ4v) is 4.02. The summed E-state index contributed by atoms with van der Waals surface area (Å²) in [5.41, 5.74) is 1.04. The Bertz CT molecular complexity index is 1260. The van der Waals surface area contributed by atoms with Crippen LogP contribution in [0.2, 0.25) is 0 Å². The first-order chi connectivity index (χ1) is 14.1. The van der Waals surface area contributed by atoms with E-state index in [0.29, 0.717) is 23.4 Å². The Balaban J connectivity index is 1.32. The van der Waals surface area contributed by atoms with Gasteiger partial charge in [0.25, 0.3) is 5.56 Å². The van der Waals surface area contributed by atoms with E-state index in [1.165, 1.54) is 24.5 Å². The highest BCUT2D eigenvalue weighted by molar-refractivity contribution is 5.77. The van der Waals surface area contributed by atoms with E-state index in [0.717, 1.165) is 43.2 Å². The molecule has 0 atom stereocenters. The summed E-state index contributed by atoms with van der Waals surface area (Å²) in [5.74, 6) is 1.66. The van der Waals surface area contributed by atoms with Crippen LogP contribution >= 0.6 is 0 Å². The van der Waals surface area contributed by atoms with E-state index in [9.17, 15) is 9.18 Å². The van der Waals surface area contributed by atoms with Gasteiger partial charge in [0.2, 0.25) is 5.65 Å². The Hall–Kier alpha value is -3.36. The Morgan fingerprint density at radius 3 is 2.83 bits per heavy atom. The summed E-state index contributed by atoms with van der Waals surface area (Å²) in [6.45, 7) is 4.20. The minimum Gasteiger partial charge on any atom is -0.353 e. The normalized spacial score (nSPS) is 15.4. The fourth-order valence-electron chi connectivity index (χ4n) is 4.02. The van der Waals surface area contributed by atoms with Crippen LogP contribution < -0.4 is 10.5 Å². The maximum Gasteiger partial charge on any atom is 0.261 e. The lowest BCUT2D eigenvalue weighted by molar-refractivity contribution is 0.351. The van der Waals surface area contributed by atoms with Gasteiger partial charge in [-0.1, -0.05) is 0 Å². The second-order valence-electron chi connectivity index (χ2n) is 7.49. The van der Waals surface area contributed by atoms with Crippen molar-refractivity contribution in [3.63, 3.8) is 0 Å². The number of anilines is 1. The number of rotatable bonds is 3. The number of benzene rings is 1. The molecule has 5 rings (SSSR count). The average Bonchev–Trinajstić information content (AvgIpc) is 3.12. The molecule has 9 heteroatoms. The molecule has 0 amide bonds. The van der Waals surface area contributed by atoms with Gasteiger partial charge in [-0.15, -0.1) is 10.2 Å². The summed E-state index contributed by atoms with van der Waals surface area (Å²) >= 11 is 0. The van der Waals surface area contributed by atoms with Crippen molar-refractivity contribution < 1.29 is 4.39 Å². The number of aryl methyl sites for hydroxylation is 1. The van der Waals surface area contributed by atoms with Gasteiger partial charge in [0.1, 0.15) is 11.6 Å². The lowest BCUT2D eigenvalue weighted by atomic mass is 9.96. The van der Waals surface area contributed by atoms with Crippen LogP contribution in [0.4, 0.5) is 10.2 Å². The van der Waals surface area contributed by atoms with Crippen molar-refractivity contribution in [1.29, 1.82) is 0 Å². The highest BCUT2D eigenvalue weighted by Crippen LogP contribution is 2.25. The van der Waals surface area contributed by atoms with E-state index >= 15 is 0 Å². The van der Waals surface area contributed by atoms with Crippen LogP contribution in [0, 0.1) is 18.7 Å². The number of piperidine rings is 1. The number of aromatic nitrogens is 6. The van der Waals surface area contributed by atoms with E-state index in [2.05, 4.69) is 25.1 Å². The molecule has 0 saturated carbocycles. The standard InChI is InChI=1S/C20H20FN7O/c1-13-24-25-19-18(22-6-9-28(13)19)26-7-4-14(5-8-26)11-27-12-23-17-10-15(21)2-3-16(17)20(27)29/h2-3,6,9-10,12,14H,4-5,7-8,11H2,1H3. The third kappa shape index (κ3) is 3.12. The zero-order valence-corrected chi connectivity index (χ0v) is 16.0. The molecular weight excluding hydrogens is 373 g/mol. The maximum absolute atomic E-state index is 13.3. The summed E-state index contributed by atoms with van der Waals surface area (Å²) in [6.07, 6.45) is 7.03. The van der Waals surface area contributed by atoms with Crippen LogP contribution in [0.3, 0.4) is 0 Å². The van der Waals surface area contributed by atoms with E-state index < -0.39 is 0 Å². The summed E-state index contributed by atoms with van der Waals surface area (Å²) < 4.78 is 16.9. The van der Waals surface area contributed by atoms with Gasteiger partial charge in [-0.05, 0) is 37.8 Å². The first-order valence-electron chi connectivity index (χ1n) is 9.66. The molecule has 0 bridgehead atoms. The van der Waals surface area contributed by atoms with Gasteiger partial charge >= 0.3 is 0 Å². The largest absolute Gasteiger partial charge is 0.353 e. The smallest absolute Gasteiger partial charge is 0.261 e. The molecule has 0 unspecified atom stereocenters. The molecule has 29 heavy (non-hydrogen) atoms. The zero-order valence-electron chi connectivity index (χ0n) is 16.0. The van der Waals surface area contributed by atoms with Gasteiger partial charge in [-0.25, -0.2) is 14.4 Å². The Morgan fingerprint density at radius 2 is 2.00 bits per heavy atom. The van der Waals surface area contributed by atoms with Crippen molar-refractivity contribution in [3.8, 4) is 0 Å². The average molecular weight is 393 g/mol. The van der Waals surface area contributed by atoms with Crippen LogP contribution in [-0.4, -0.2) is 42.2 Å². The fraction of sp³-hybridized carbons (Fsp3) is 0.350. The summed E-state index contributed by atoms with van der Waals surface area (Å²) in [5, 5.41) is 8.84. The van der Waals surface area contributed by atoms with Gasteiger partial charge in [-0.3, -0.25) is 13.8 Å². The second kappa shape index (κ2) is 6.91. The van der Waals surface area contributed by atoms with Crippen molar-refractivity contribution in [3.05, 3.63) is 58.9 Å². The molecule has 0 N–H and O–H groups in total. The van der Waals surface area contributed by atoms with Gasteiger partial charge in [-0.2, -0.15) is 0 Å². The highest BCUT2D eigenvalue weighted by Gasteiger charge is 2.23. The minimum absolute atomic E-state index is 0.122. The molecule has 0 radical (unpaired) electrons. The molecule has 0 spiro atoms. The summed E-state index contributed by atoms with van der Waals surface area (Å²) in [6, 6.07) is 4.10. The highest BCUT2D eigenvalue weighted by atomic mass is 19.1. The van der Waals surface area contributed by atoms with Crippen LogP contribution in [0.5, 0.6) is 0 Å². The molecule has 1 aromatic carbocycles. The molecule has 0 aliphatic carbocycles. The van der Waals surface area contributed by atoms with Gasteiger partial charge in [0, 0.05) is 38.1 Å². The molecule has 8 nitrogen and oxygen atoms in total. The molecule has 4 aromatic rings. The van der Waals surface area contributed by atoms with Crippen molar-refractivity contribution in [2.75, 3.05) is 18.0 Å². The maximum atomic E-state index is 13.3. The van der Waals surface area contributed by atoms with Gasteiger partial charge < -0.3 is 4.90 Å². The summed E-state index contributed by atoms with van der Waals surface area (Å²) in [7, 11) is 0. The molecule has 1 aliphatic heterocycles. The van der Waals surface area contributed by atoms with Crippen LogP contribution in [0.25, 0.3) is 16.6 Å². The molecule has 1 aliphatic rings.